The number of methoxy groups -OCH3 is 1. The van der Waals surface area contributed by atoms with Gasteiger partial charge in [-0.25, -0.2) is 10.3 Å². The zero-order chi connectivity index (χ0) is 27.9. The van der Waals surface area contributed by atoms with Gasteiger partial charge < -0.3 is 14.3 Å². The van der Waals surface area contributed by atoms with Gasteiger partial charge in [0.1, 0.15) is 5.75 Å². The normalized spacial score (nSPS) is 15.5. The Morgan fingerprint density at radius 2 is 1.77 bits per heavy atom. The van der Waals surface area contributed by atoms with E-state index in [1.54, 1.807) is 43.3 Å². The van der Waals surface area contributed by atoms with Gasteiger partial charge in [-0.2, -0.15) is 4.90 Å². The number of hydrogen-bond acceptors (Lipinski definition) is 7. The SMILES string of the molecule is CCOC1C(=O)N(/C(=C\C(=O)c2ccc(OC)cc2)ONc2cc(C)ccc2Cl)C(=O)N1Cc1ccccc1. The van der Waals surface area contributed by atoms with Crippen molar-refractivity contribution in [3.05, 3.63) is 106 Å². The van der Waals surface area contributed by atoms with Crippen LogP contribution in [0.1, 0.15) is 28.4 Å². The van der Waals surface area contributed by atoms with Gasteiger partial charge >= 0.3 is 6.03 Å². The molecule has 1 atom stereocenters. The first-order valence-electron chi connectivity index (χ1n) is 12.2. The Morgan fingerprint density at radius 3 is 2.44 bits per heavy atom. The number of ketones is 1. The zero-order valence-electron chi connectivity index (χ0n) is 21.7. The lowest BCUT2D eigenvalue weighted by atomic mass is 10.1. The Morgan fingerprint density at radius 1 is 1.05 bits per heavy atom. The maximum Gasteiger partial charge on any atom is 0.336 e. The molecular weight excluding hydrogens is 522 g/mol. The van der Waals surface area contributed by atoms with E-state index in [0.717, 1.165) is 22.1 Å². The number of halogens is 1. The number of ether oxygens (including phenoxy) is 2. The Balaban J connectivity index is 1.70. The summed E-state index contributed by atoms with van der Waals surface area (Å²) in [6.45, 7) is 3.89. The van der Waals surface area contributed by atoms with Gasteiger partial charge in [-0.05, 0) is 61.4 Å². The fraction of sp³-hybridized carbons (Fsp3) is 0.207. The first kappa shape index (κ1) is 27.7. The molecule has 1 unspecified atom stereocenters. The fourth-order valence-corrected chi connectivity index (χ4v) is 4.09. The molecule has 1 N–H and O–H groups in total. The van der Waals surface area contributed by atoms with E-state index in [9.17, 15) is 14.4 Å². The van der Waals surface area contributed by atoms with Crippen LogP contribution < -0.4 is 10.2 Å². The molecule has 39 heavy (non-hydrogen) atoms. The molecule has 202 valence electrons. The van der Waals surface area contributed by atoms with E-state index < -0.39 is 23.9 Å². The van der Waals surface area contributed by atoms with Crippen molar-refractivity contribution in [2.75, 3.05) is 19.2 Å². The predicted octanol–water partition coefficient (Wildman–Crippen LogP) is 5.55. The molecule has 1 aliphatic heterocycles. The number of carbonyl (C=O) groups is 3. The molecule has 9 nitrogen and oxygen atoms in total. The van der Waals surface area contributed by atoms with E-state index in [-0.39, 0.29) is 19.0 Å². The lowest BCUT2D eigenvalue weighted by Gasteiger charge is -2.21. The first-order chi connectivity index (χ1) is 18.8. The Kier molecular flexibility index (Phi) is 8.85. The van der Waals surface area contributed by atoms with Gasteiger partial charge in [0.05, 0.1) is 30.4 Å². The summed E-state index contributed by atoms with van der Waals surface area (Å²) in [6.07, 6.45) is -0.128. The molecule has 0 aliphatic carbocycles. The number of allylic oxidation sites excluding steroid dienone is 1. The number of anilines is 1. The van der Waals surface area contributed by atoms with Gasteiger partial charge in [0, 0.05) is 12.2 Å². The van der Waals surface area contributed by atoms with E-state index in [0.29, 0.717) is 22.0 Å². The molecule has 1 saturated heterocycles. The summed E-state index contributed by atoms with van der Waals surface area (Å²) in [5.41, 5.74) is 5.06. The highest BCUT2D eigenvalue weighted by Gasteiger charge is 2.48. The van der Waals surface area contributed by atoms with Crippen LogP contribution in [0.4, 0.5) is 10.5 Å². The van der Waals surface area contributed by atoms with Crippen molar-refractivity contribution in [2.24, 2.45) is 0 Å². The average molecular weight is 550 g/mol. The molecule has 3 aromatic rings. The molecule has 0 aromatic heterocycles. The van der Waals surface area contributed by atoms with Crippen molar-refractivity contribution < 1.29 is 28.7 Å². The number of amides is 3. The van der Waals surface area contributed by atoms with Gasteiger partial charge in [0.15, 0.2) is 5.78 Å². The molecular formula is C29H28ClN3O6. The third kappa shape index (κ3) is 6.39. The van der Waals surface area contributed by atoms with Gasteiger partial charge in [0.25, 0.3) is 5.91 Å². The summed E-state index contributed by atoms with van der Waals surface area (Å²) < 4.78 is 10.8. The highest BCUT2D eigenvalue weighted by Crippen LogP contribution is 2.28. The van der Waals surface area contributed by atoms with Crippen LogP contribution in [0.2, 0.25) is 5.02 Å². The van der Waals surface area contributed by atoms with Crippen LogP contribution in [0.5, 0.6) is 5.75 Å². The summed E-state index contributed by atoms with van der Waals surface area (Å²) in [7, 11) is 1.52. The van der Waals surface area contributed by atoms with E-state index in [4.69, 9.17) is 25.9 Å². The number of carbonyl (C=O) groups excluding carboxylic acids is 3. The second-order valence-corrected chi connectivity index (χ2v) is 9.05. The van der Waals surface area contributed by atoms with Crippen LogP contribution in [0, 0.1) is 6.92 Å². The molecule has 10 heteroatoms. The minimum Gasteiger partial charge on any atom is -0.497 e. The van der Waals surface area contributed by atoms with Crippen LogP contribution in [-0.2, 0) is 20.9 Å². The molecule has 3 amide bonds. The molecule has 1 fully saturated rings. The van der Waals surface area contributed by atoms with Crippen molar-refractivity contribution in [3.8, 4) is 5.75 Å². The molecule has 0 radical (unpaired) electrons. The summed E-state index contributed by atoms with van der Waals surface area (Å²) in [4.78, 5) is 48.2. The first-order valence-corrected chi connectivity index (χ1v) is 12.6. The molecule has 0 spiro atoms. The lowest BCUT2D eigenvalue weighted by Crippen LogP contribution is -2.36. The summed E-state index contributed by atoms with van der Waals surface area (Å²) in [6, 6.07) is 20.1. The van der Waals surface area contributed by atoms with Gasteiger partial charge in [0.2, 0.25) is 12.1 Å². The summed E-state index contributed by atoms with van der Waals surface area (Å²) in [5, 5.41) is 0.346. The highest BCUT2D eigenvalue weighted by molar-refractivity contribution is 6.33. The highest BCUT2D eigenvalue weighted by atomic mass is 35.5. The minimum atomic E-state index is -1.20. The second-order valence-electron chi connectivity index (χ2n) is 8.64. The number of rotatable bonds is 11. The average Bonchev–Trinajstić information content (AvgIpc) is 3.17. The molecule has 3 aromatic carbocycles. The van der Waals surface area contributed by atoms with Crippen molar-refractivity contribution in [1.29, 1.82) is 0 Å². The number of benzene rings is 3. The monoisotopic (exact) mass is 549 g/mol. The van der Waals surface area contributed by atoms with Crippen LogP contribution >= 0.6 is 11.6 Å². The minimum absolute atomic E-state index is 0.115. The van der Waals surface area contributed by atoms with Crippen molar-refractivity contribution in [2.45, 2.75) is 26.6 Å². The van der Waals surface area contributed by atoms with E-state index in [2.05, 4.69) is 5.48 Å². The van der Waals surface area contributed by atoms with E-state index in [1.165, 1.54) is 12.0 Å². The molecule has 1 heterocycles. The number of urea groups is 1. The molecule has 0 bridgehead atoms. The quantitative estimate of drug-likeness (QED) is 0.110. The Labute approximate surface area is 231 Å². The predicted molar refractivity (Wildman–Crippen MR) is 146 cm³/mol. The molecule has 1 aliphatic rings. The molecule has 0 saturated carbocycles. The molecule has 4 rings (SSSR count). The van der Waals surface area contributed by atoms with E-state index >= 15 is 0 Å². The number of hydrogen-bond donors (Lipinski definition) is 1. The number of nitrogens with one attached hydrogen (secondary N) is 1. The van der Waals surface area contributed by atoms with Gasteiger partial charge in [-0.3, -0.25) is 14.5 Å². The topological polar surface area (TPSA) is 97.4 Å². The largest absolute Gasteiger partial charge is 0.497 e. The second kappa shape index (κ2) is 12.5. The summed E-state index contributed by atoms with van der Waals surface area (Å²) in [5.74, 6) is -0.948. The van der Waals surface area contributed by atoms with Gasteiger partial charge in [-0.15, -0.1) is 0 Å². The number of nitrogens with zero attached hydrogens (tertiary/aromatic N) is 2. The van der Waals surface area contributed by atoms with Crippen LogP contribution in [0.15, 0.2) is 84.8 Å². The standard InChI is InChI=1S/C29H28ClN3O6/c1-4-38-28-27(35)33(29(36)32(28)18-20-8-6-5-7-9-20)26(39-31-24-16-19(2)10-15-23(24)30)17-25(34)21-11-13-22(37-3)14-12-21/h5-17,28,31H,4,18H2,1-3H3/b26-17+. The third-order valence-corrected chi connectivity index (χ3v) is 6.24. The zero-order valence-corrected chi connectivity index (χ0v) is 22.5. The van der Waals surface area contributed by atoms with Crippen LogP contribution in [0.3, 0.4) is 0 Å². The fourth-order valence-electron chi connectivity index (χ4n) is 3.93. The number of aryl methyl sites for hydroxylation is 1. The third-order valence-electron chi connectivity index (χ3n) is 5.91. The maximum absolute atomic E-state index is 13.6. The number of imide groups is 1. The maximum atomic E-state index is 13.6. The lowest BCUT2D eigenvalue weighted by molar-refractivity contribution is -0.141. The van der Waals surface area contributed by atoms with Crippen molar-refractivity contribution >= 4 is 35.0 Å². The Hall–Kier alpha value is -4.34. The summed E-state index contributed by atoms with van der Waals surface area (Å²) >= 11 is 6.29. The van der Waals surface area contributed by atoms with Crippen LogP contribution in [-0.4, -0.2) is 47.5 Å². The van der Waals surface area contributed by atoms with Crippen LogP contribution in [0.25, 0.3) is 0 Å². The smallest absolute Gasteiger partial charge is 0.336 e. The van der Waals surface area contributed by atoms with E-state index in [1.807, 2.05) is 43.3 Å². The van der Waals surface area contributed by atoms with Crippen molar-refractivity contribution in [1.82, 2.24) is 9.80 Å². The van der Waals surface area contributed by atoms with Gasteiger partial charge in [-0.1, -0.05) is 48.0 Å². The van der Waals surface area contributed by atoms with Crippen molar-refractivity contribution in [3.63, 3.8) is 0 Å². The Bertz CT molecular complexity index is 1380.